The summed E-state index contributed by atoms with van der Waals surface area (Å²) in [5.41, 5.74) is 0. The minimum atomic E-state index is 0.167. The number of rotatable bonds is 1. The number of hydrogen-bond acceptors (Lipinski definition) is 3. The highest BCUT2D eigenvalue weighted by Crippen LogP contribution is 2.00. The molecule has 0 aromatic heterocycles. The molecule has 0 spiro atoms. The first-order valence-corrected chi connectivity index (χ1v) is 3.07. The molecule has 54 valence electrons. The standard InChI is InChI=1S/C5H9NO.CH4O/c7-4-5-2-1-3-6-5;1-2/h4-6H,1-3H2;2H,1H3. The Hall–Kier alpha value is -0.410. The topological polar surface area (TPSA) is 49.3 Å². The van der Waals surface area contributed by atoms with Gasteiger partial charge < -0.3 is 15.2 Å². The van der Waals surface area contributed by atoms with E-state index < -0.39 is 0 Å². The van der Waals surface area contributed by atoms with Crippen LogP contribution < -0.4 is 5.32 Å². The molecule has 1 heterocycles. The van der Waals surface area contributed by atoms with Gasteiger partial charge in [-0.25, -0.2) is 0 Å². The number of aliphatic hydroxyl groups is 1. The zero-order chi connectivity index (χ0) is 7.11. The van der Waals surface area contributed by atoms with Crippen molar-refractivity contribution in [2.24, 2.45) is 0 Å². The lowest BCUT2D eigenvalue weighted by atomic mass is 10.2. The Labute approximate surface area is 55.1 Å². The Balaban J connectivity index is 0.000000291. The summed E-state index contributed by atoms with van der Waals surface area (Å²) >= 11 is 0. The zero-order valence-corrected chi connectivity index (χ0v) is 5.63. The molecule has 9 heavy (non-hydrogen) atoms. The monoisotopic (exact) mass is 131 g/mol. The van der Waals surface area contributed by atoms with Crippen molar-refractivity contribution in [1.29, 1.82) is 0 Å². The van der Waals surface area contributed by atoms with Gasteiger partial charge in [0, 0.05) is 7.11 Å². The molecular formula is C6H13NO2. The Morgan fingerprint density at radius 3 is 2.56 bits per heavy atom. The molecule has 0 saturated carbocycles. The average Bonchev–Trinajstić information content (AvgIpc) is 2.43. The van der Waals surface area contributed by atoms with E-state index in [9.17, 15) is 4.79 Å². The van der Waals surface area contributed by atoms with Crippen molar-refractivity contribution in [3.63, 3.8) is 0 Å². The van der Waals surface area contributed by atoms with E-state index >= 15 is 0 Å². The Kier molecular flexibility index (Phi) is 5.46. The smallest absolute Gasteiger partial charge is 0.136 e. The second-order valence-corrected chi connectivity index (χ2v) is 1.84. The summed E-state index contributed by atoms with van der Waals surface area (Å²) in [7, 11) is 1.00. The molecular weight excluding hydrogens is 118 g/mol. The number of aliphatic hydroxyl groups excluding tert-OH is 1. The number of carbonyl (C=O) groups excluding carboxylic acids is 1. The molecule has 1 unspecified atom stereocenters. The lowest BCUT2D eigenvalue weighted by Gasteiger charge is -1.93. The van der Waals surface area contributed by atoms with E-state index in [1.165, 1.54) is 0 Å². The van der Waals surface area contributed by atoms with Gasteiger partial charge in [-0.3, -0.25) is 0 Å². The van der Waals surface area contributed by atoms with E-state index in [0.29, 0.717) is 0 Å². The fraction of sp³-hybridized carbons (Fsp3) is 0.833. The van der Waals surface area contributed by atoms with Gasteiger partial charge in [0.05, 0.1) is 6.04 Å². The Bertz CT molecular complexity index is 69.5. The Morgan fingerprint density at radius 2 is 2.33 bits per heavy atom. The van der Waals surface area contributed by atoms with Crippen LogP contribution in [-0.2, 0) is 4.79 Å². The third kappa shape index (κ3) is 3.21. The summed E-state index contributed by atoms with van der Waals surface area (Å²) in [6.45, 7) is 1.02. The molecule has 3 heteroatoms. The van der Waals surface area contributed by atoms with Crippen molar-refractivity contribution in [1.82, 2.24) is 5.32 Å². The maximum absolute atomic E-state index is 9.94. The van der Waals surface area contributed by atoms with Crippen molar-refractivity contribution < 1.29 is 9.90 Å². The number of hydrogen-bond donors (Lipinski definition) is 2. The molecule has 0 radical (unpaired) electrons. The zero-order valence-electron chi connectivity index (χ0n) is 5.63. The molecule has 0 bridgehead atoms. The lowest BCUT2D eigenvalue weighted by Crippen LogP contribution is -2.21. The fourth-order valence-electron chi connectivity index (χ4n) is 0.828. The minimum Gasteiger partial charge on any atom is -0.400 e. The second-order valence-electron chi connectivity index (χ2n) is 1.84. The first-order chi connectivity index (χ1) is 4.43. The van der Waals surface area contributed by atoms with Crippen LogP contribution in [0.5, 0.6) is 0 Å². The predicted molar refractivity (Wildman–Crippen MR) is 35.2 cm³/mol. The minimum absolute atomic E-state index is 0.167. The van der Waals surface area contributed by atoms with Gasteiger partial charge in [0.1, 0.15) is 6.29 Å². The van der Waals surface area contributed by atoms with E-state index in [1.807, 2.05) is 0 Å². The molecule has 1 atom stereocenters. The third-order valence-electron chi connectivity index (χ3n) is 1.26. The predicted octanol–water partition coefficient (Wildman–Crippen LogP) is -0.454. The summed E-state index contributed by atoms with van der Waals surface area (Å²) in [5, 5.41) is 10.0. The highest BCUT2D eigenvalue weighted by Gasteiger charge is 2.10. The van der Waals surface area contributed by atoms with E-state index in [4.69, 9.17) is 5.11 Å². The largest absolute Gasteiger partial charge is 0.400 e. The molecule has 0 amide bonds. The fourth-order valence-corrected chi connectivity index (χ4v) is 0.828. The average molecular weight is 131 g/mol. The van der Waals surface area contributed by atoms with Gasteiger partial charge in [-0.05, 0) is 19.4 Å². The molecule has 1 rings (SSSR count). The maximum atomic E-state index is 9.94. The number of carbonyl (C=O) groups is 1. The van der Waals surface area contributed by atoms with Crippen LogP contribution >= 0.6 is 0 Å². The van der Waals surface area contributed by atoms with Crippen LogP contribution in [0.25, 0.3) is 0 Å². The Morgan fingerprint density at radius 1 is 1.67 bits per heavy atom. The van der Waals surface area contributed by atoms with Gasteiger partial charge in [0.15, 0.2) is 0 Å². The highest BCUT2D eigenvalue weighted by atomic mass is 16.2. The van der Waals surface area contributed by atoms with Crippen molar-refractivity contribution in [2.75, 3.05) is 13.7 Å². The molecule has 0 aromatic carbocycles. The summed E-state index contributed by atoms with van der Waals surface area (Å²) in [5.74, 6) is 0. The van der Waals surface area contributed by atoms with Gasteiger partial charge >= 0.3 is 0 Å². The van der Waals surface area contributed by atoms with Gasteiger partial charge in [0.2, 0.25) is 0 Å². The molecule has 1 saturated heterocycles. The van der Waals surface area contributed by atoms with Crippen molar-refractivity contribution in [2.45, 2.75) is 18.9 Å². The normalized spacial score (nSPS) is 24.4. The van der Waals surface area contributed by atoms with Gasteiger partial charge in [-0.15, -0.1) is 0 Å². The van der Waals surface area contributed by atoms with E-state index in [0.717, 1.165) is 32.8 Å². The van der Waals surface area contributed by atoms with Crippen LogP contribution in [-0.4, -0.2) is 31.1 Å². The van der Waals surface area contributed by atoms with E-state index in [1.54, 1.807) is 0 Å². The lowest BCUT2D eigenvalue weighted by molar-refractivity contribution is -0.109. The van der Waals surface area contributed by atoms with Crippen LogP contribution in [0.3, 0.4) is 0 Å². The molecule has 1 aliphatic rings. The van der Waals surface area contributed by atoms with Crippen LogP contribution in [0.2, 0.25) is 0 Å². The van der Waals surface area contributed by atoms with Crippen molar-refractivity contribution in [3.8, 4) is 0 Å². The number of nitrogens with one attached hydrogen (secondary N) is 1. The van der Waals surface area contributed by atoms with E-state index in [-0.39, 0.29) is 6.04 Å². The van der Waals surface area contributed by atoms with E-state index in [2.05, 4.69) is 5.32 Å². The molecule has 1 aliphatic heterocycles. The molecule has 1 fully saturated rings. The second kappa shape index (κ2) is 5.72. The summed E-state index contributed by atoms with van der Waals surface area (Å²) in [4.78, 5) is 9.94. The third-order valence-corrected chi connectivity index (χ3v) is 1.26. The SMILES string of the molecule is CO.O=CC1CCCN1. The first kappa shape index (κ1) is 8.59. The van der Waals surface area contributed by atoms with Gasteiger partial charge in [-0.2, -0.15) is 0 Å². The van der Waals surface area contributed by atoms with Crippen molar-refractivity contribution >= 4 is 6.29 Å². The summed E-state index contributed by atoms with van der Waals surface area (Å²) < 4.78 is 0. The molecule has 2 N–H and O–H groups in total. The molecule has 3 nitrogen and oxygen atoms in total. The van der Waals surface area contributed by atoms with Crippen LogP contribution in [0.1, 0.15) is 12.8 Å². The van der Waals surface area contributed by atoms with Crippen LogP contribution in [0.15, 0.2) is 0 Å². The first-order valence-electron chi connectivity index (χ1n) is 3.07. The summed E-state index contributed by atoms with van der Waals surface area (Å²) in [6.07, 6.45) is 3.17. The molecule has 0 aromatic rings. The number of aldehydes is 1. The van der Waals surface area contributed by atoms with Crippen LogP contribution in [0, 0.1) is 0 Å². The van der Waals surface area contributed by atoms with Crippen molar-refractivity contribution in [3.05, 3.63) is 0 Å². The van der Waals surface area contributed by atoms with Gasteiger partial charge in [0.25, 0.3) is 0 Å². The van der Waals surface area contributed by atoms with Gasteiger partial charge in [-0.1, -0.05) is 0 Å². The highest BCUT2D eigenvalue weighted by molar-refractivity contribution is 5.57. The maximum Gasteiger partial charge on any atom is 0.136 e. The molecule has 0 aliphatic carbocycles. The summed E-state index contributed by atoms with van der Waals surface area (Å²) in [6, 6.07) is 0.167. The van der Waals surface area contributed by atoms with Crippen LogP contribution in [0.4, 0.5) is 0 Å². The quantitative estimate of drug-likeness (QED) is 0.474.